The molecule has 0 amide bonds. The van der Waals surface area contributed by atoms with Gasteiger partial charge in [-0.2, -0.15) is 8.42 Å². The summed E-state index contributed by atoms with van der Waals surface area (Å²) in [7, 11) is -4.46. The van der Waals surface area contributed by atoms with Crippen LogP contribution in [0.15, 0.2) is 115 Å². The maximum atomic E-state index is 12.6. The Labute approximate surface area is 282 Å². The molecule has 0 atom stereocenters. The molecule has 242 valence electrons. The first-order valence-corrected chi connectivity index (χ1v) is 17.8. The molecule has 0 aromatic heterocycles. The highest BCUT2D eigenvalue weighted by Gasteiger charge is 2.35. The zero-order valence-electron chi connectivity index (χ0n) is 29.0. The van der Waals surface area contributed by atoms with Gasteiger partial charge in [0.1, 0.15) is 5.57 Å². The molecule has 0 aliphatic heterocycles. The number of allylic oxidation sites excluding steroid dienone is 3. The maximum Gasteiger partial charge on any atom is 0.331 e. The fraction of sp³-hybridized carbons (Fsp3) is 0.279. The van der Waals surface area contributed by atoms with E-state index in [1.807, 2.05) is 6.08 Å². The van der Waals surface area contributed by atoms with Gasteiger partial charge in [-0.1, -0.05) is 102 Å². The molecule has 0 radical (unpaired) electrons. The smallest absolute Gasteiger partial charge is 0.274 e. The average Bonchev–Trinajstić information content (AvgIpc) is 2.99. The molecule has 0 bridgehead atoms. The summed E-state index contributed by atoms with van der Waals surface area (Å²) in [4.78, 5) is 0. The summed E-state index contributed by atoms with van der Waals surface area (Å²) in [6, 6.07) is 29.8. The lowest BCUT2D eigenvalue weighted by molar-refractivity contribution is 0.487. The van der Waals surface area contributed by atoms with Crippen molar-refractivity contribution in [3.05, 3.63) is 176 Å². The van der Waals surface area contributed by atoms with Crippen LogP contribution in [0.5, 0.6) is 0 Å². The molecule has 3 nitrogen and oxygen atoms in total. The Balaban J connectivity index is 1.56. The first-order valence-electron chi connectivity index (χ1n) is 16.3. The van der Waals surface area contributed by atoms with Crippen LogP contribution in [0.3, 0.4) is 0 Å². The highest BCUT2D eigenvalue weighted by atomic mass is 32.2. The van der Waals surface area contributed by atoms with E-state index in [2.05, 4.69) is 140 Å². The predicted molar refractivity (Wildman–Crippen MR) is 197 cm³/mol. The lowest BCUT2D eigenvalue weighted by Gasteiger charge is -2.24. The Hall–Kier alpha value is -4.12. The highest BCUT2D eigenvalue weighted by Crippen LogP contribution is 2.38. The summed E-state index contributed by atoms with van der Waals surface area (Å²) in [5, 5.41) is -0.104. The minimum Gasteiger partial charge on any atom is -0.274 e. The van der Waals surface area contributed by atoms with Crippen molar-refractivity contribution in [3.63, 3.8) is 0 Å². The first kappa shape index (κ1) is 34.2. The number of rotatable bonds is 7. The number of hydrogen-bond donors (Lipinski definition) is 1. The van der Waals surface area contributed by atoms with Crippen LogP contribution in [0, 0.1) is 19.1 Å². The molecule has 4 heteroatoms. The molecule has 4 aromatic carbocycles. The average molecular weight is 644 g/mol. The second-order valence-corrected chi connectivity index (χ2v) is 16.2. The van der Waals surface area contributed by atoms with Crippen molar-refractivity contribution in [1.82, 2.24) is 0 Å². The summed E-state index contributed by atoms with van der Waals surface area (Å²) in [5.74, 6) is 0. The largest absolute Gasteiger partial charge is 0.331 e. The van der Waals surface area contributed by atoms with Gasteiger partial charge in [-0.05, 0) is 106 Å². The normalized spacial score (nSPS) is 13.7. The van der Waals surface area contributed by atoms with Gasteiger partial charge in [0.25, 0.3) is 0 Å². The molecule has 0 unspecified atom stereocenters. The zero-order chi connectivity index (χ0) is 34.1. The van der Waals surface area contributed by atoms with Gasteiger partial charge >= 0.3 is 10.1 Å². The molecule has 0 heterocycles. The van der Waals surface area contributed by atoms with Crippen LogP contribution < -0.4 is 0 Å². The van der Waals surface area contributed by atoms with Gasteiger partial charge in [-0.3, -0.25) is 4.55 Å². The van der Waals surface area contributed by atoms with E-state index in [4.69, 9.17) is 0 Å². The van der Waals surface area contributed by atoms with E-state index < -0.39 is 10.1 Å². The van der Waals surface area contributed by atoms with Crippen molar-refractivity contribution in [3.8, 4) is 0 Å². The summed E-state index contributed by atoms with van der Waals surface area (Å²) in [6.07, 6.45) is 8.30. The fourth-order valence-corrected chi connectivity index (χ4v) is 7.34. The molecule has 0 spiro atoms. The standard InChI is InChI=1S/C43H46O3S/c1-29-13-11-16-38(42(3,4)5)36(29)27-31-19-23-33(24-20-31)41(35-15-9-10-18-40(35)47(44,45)46)34-25-21-32(22-26-34)28-37-30(2)14-12-17-39(37)43(6,7)8/h9-26H,27-28H2,1-8H3/p+1. The van der Waals surface area contributed by atoms with Crippen LogP contribution in [0.25, 0.3) is 5.57 Å². The van der Waals surface area contributed by atoms with E-state index in [-0.39, 0.29) is 16.1 Å². The second kappa shape index (κ2) is 13.2. The molecule has 47 heavy (non-hydrogen) atoms. The Bertz CT molecular complexity index is 1850. The van der Waals surface area contributed by atoms with Crippen molar-refractivity contribution >= 4 is 15.7 Å². The van der Waals surface area contributed by atoms with Gasteiger partial charge in [0.15, 0.2) is 5.25 Å². The SMILES string of the molecule is Cc1cccc(C(C)(C)C)c1Cc1ccc(C(=C2C=CC=C[C+]2S(=O)(=O)O)c2ccc(Cc3c(C)cccc3C(C)(C)C)cc2)cc1. The Morgan fingerprint density at radius 3 is 1.45 bits per heavy atom. The van der Waals surface area contributed by atoms with Gasteiger partial charge in [-0.25, -0.2) is 0 Å². The third-order valence-electron chi connectivity index (χ3n) is 9.12. The molecule has 0 saturated carbocycles. The molecule has 1 aliphatic carbocycles. The molecule has 0 saturated heterocycles. The molecule has 1 N–H and O–H groups in total. The molecule has 4 aromatic rings. The van der Waals surface area contributed by atoms with Gasteiger partial charge in [0, 0.05) is 35.4 Å². The third-order valence-corrected chi connectivity index (χ3v) is 10.0. The topological polar surface area (TPSA) is 54.4 Å². The number of hydrogen-bond acceptors (Lipinski definition) is 2. The summed E-state index contributed by atoms with van der Waals surface area (Å²) < 4.78 is 35.4. The van der Waals surface area contributed by atoms with Crippen LogP contribution in [-0.2, 0) is 33.8 Å². The van der Waals surface area contributed by atoms with Crippen molar-refractivity contribution in [2.45, 2.75) is 79.1 Å². The Morgan fingerprint density at radius 2 is 1.06 bits per heavy atom. The molecular weight excluding hydrogens is 597 g/mol. The van der Waals surface area contributed by atoms with Gasteiger partial charge in [0.2, 0.25) is 0 Å². The van der Waals surface area contributed by atoms with E-state index in [0.29, 0.717) is 5.57 Å². The molecular formula is C43H47O3S+. The second-order valence-electron chi connectivity index (χ2n) is 14.8. The van der Waals surface area contributed by atoms with Crippen molar-refractivity contribution in [2.75, 3.05) is 0 Å². The van der Waals surface area contributed by atoms with Crippen LogP contribution in [0.1, 0.15) is 97.2 Å². The predicted octanol–water partition coefficient (Wildman–Crippen LogP) is 10.4. The fourth-order valence-electron chi connectivity index (χ4n) is 6.64. The van der Waals surface area contributed by atoms with Crippen LogP contribution >= 0.6 is 0 Å². The van der Waals surface area contributed by atoms with Crippen molar-refractivity contribution < 1.29 is 13.0 Å². The van der Waals surface area contributed by atoms with E-state index >= 15 is 0 Å². The van der Waals surface area contributed by atoms with Gasteiger partial charge < -0.3 is 0 Å². The van der Waals surface area contributed by atoms with Crippen molar-refractivity contribution in [1.29, 1.82) is 0 Å². The van der Waals surface area contributed by atoms with Gasteiger partial charge in [0.05, 0.1) is 5.57 Å². The molecule has 0 fully saturated rings. The first-order chi connectivity index (χ1) is 22.0. The Morgan fingerprint density at radius 1 is 0.638 bits per heavy atom. The highest BCUT2D eigenvalue weighted by molar-refractivity contribution is 7.89. The lowest BCUT2D eigenvalue weighted by atomic mass is 9.80. The van der Waals surface area contributed by atoms with Gasteiger partial charge in [-0.15, -0.1) is 0 Å². The molecule has 1 aliphatic rings. The minimum atomic E-state index is -4.46. The quantitative estimate of drug-likeness (QED) is 0.161. The minimum absolute atomic E-state index is 0.0292. The maximum absolute atomic E-state index is 12.6. The van der Waals surface area contributed by atoms with E-state index in [1.165, 1.54) is 50.6 Å². The Kier molecular flexibility index (Phi) is 9.59. The van der Waals surface area contributed by atoms with Crippen molar-refractivity contribution in [2.24, 2.45) is 0 Å². The van der Waals surface area contributed by atoms with Crippen LogP contribution in [-0.4, -0.2) is 13.0 Å². The summed E-state index contributed by atoms with van der Waals surface area (Å²) in [5.41, 5.74) is 13.3. The summed E-state index contributed by atoms with van der Waals surface area (Å²) >= 11 is 0. The number of benzene rings is 4. The summed E-state index contributed by atoms with van der Waals surface area (Å²) in [6.45, 7) is 17.8. The van der Waals surface area contributed by atoms with Crippen LogP contribution in [0.2, 0.25) is 0 Å². The van der Waals surface area contributed by atoms with Crippen LogP contribution in [0.4, 0.5) is 0 Å². The monoisotopic (exact) mass is 643 g/mol. The lowest BCUT2D eigenvalue weighted by Crippen LogP contribution is -2.15. The van der Waals surface area contributed by atoms with E-state index in [1.54, 1.807) is 12.2 Å². The zero-order valence-corrected chi connectivity index (χ0v) is 29.8. The van der Waals surface area contributed by atoms with E-state index in [9.17, 15) is 13.0 Å². The van der Waals surface area contributed by atoms with E-state index in [0.717, 1.165) is 29.5 Å². The number of aryl methyl sites for hydroxylation is 2. The third kappa shape index (κ3) is 7.72. The molecule has 5 rings (SSSR count).